The fraction of sp³-hybridized carbons (Fsp3) is 0.167. The van der Waals surface area contributed by atoms with Crippen LogP contribution in [0.2, 0.25) is 0 Å². The summed E-state index contributed by atoms with van der Waals surface area (Å²) < 4.78 is 0. The van der Waals surface area contributed by atoms with Gasteiger partial charge in [-0.1, -0.05) is 0 Å². The summed E-state index contributed by atoms with van der Waals surface area (Å²) in [6.07, 6.45) is 1.14. The maximum Gasteiger partial charge on any atom is 1.00 e. The van der Waals surface area contributed by atoms with Gasteiger partial charge in [0.2, 0.25) is 5.91 Å². The van der Waals surface area contributed by atoms with E-state index in [-0.39, 0.29) is 59.1 Å². The molecule has 0 heterocycles. The fourth-order valence-electron chi connectivity index (χ4n) is 0.362. The molecule has 0 radical (unpaired) electrons. The molecule has 0 saturated heterocycles. The van der Waals surface area contributed by atoms with Crippen LogP contribution in [-0.4, -0.2) is 24.4 Å². The Labute approximate surface area is 124 Å². The average Bonchev–Trinajstić information content (AvgIpc) is 1.96. The summed E-state index contributed by atoms with van der Waals surface area (Å²) in [6, 6.07) is 0. The van der Waals surface area contributed by atoms with Gasteiger partial charge in [0, 0.05) is 6.08 Å². The molecule has 1 N–H and O–H groups in total. The largest absolute Gasteiger partial charge is 1.00 e. The number of rotatable bonds is 4. The van der Waals surface area contributed by atoms with Crippen LogP contribution in [0.15, 0.2) is 12.2 Å². The minimum Gasteiger partial charge on any atom is -0.548 e. The zero-order valence-electron chi connectivity index (χ0n) is 7.90. The first-order valence-electron chi connectivity index (χ1n) is 2.89. The molecule has 0 bridgehead atoms. The Balaban J connectivity index is -0.000000605. The van der Waals surface area contributed by atoms with Crippen molar-refractivity contribution in [2.45, 2.75) is 0 Å². The molecule has 0 aromatic carbocycles. The van der Waals surface area contributed by atoms with Crippen LogP contribution in [0.1, 0.15) is 0 Å². The summed E-state index contributed by atoms with van der Waals surface area (Å²) in [5.41, 5.74) is 0. The minimum absolute atomic E-state index is 0. The molecule has 14 heavy (non-hydrogen) atoms. The number of carboxylic acids is 2. The van der Waals surface area contributed by atoms with Crippen LogP contribution in [-0.2, 0) is 14.4 Å². The number of aliphatic carboxylic acids is 2. The standard InChI is InChI=1S/C6H7NO5.2Na/c8-4(1-2-5(9)10)7-3-6(11)12;;/h1-2H,3H2,(H,7,8)(H,9,10)(H,11,12);;/q;2*+1/p-2/b2-1-;;. The average molecular weight is 217 g/mol. The van der Waals surface area contributed by atoms with E-state index in [1.807, 2.05) is 5.32 Å². The summed E-state index contributed by atoms with van der Waals surface area (Å²) in [5.74, 6) is -3.81. The predicted octanol–water partition coefficient (Wildman–Crippen LogP) is -9.83. The second-order valence-corrected chi connectivity index (χ2v) is 1.74. The smallest absolute Gasteiger partial charge is 0.548 e. The van der Waals surface area contributed by atoms with Crippen molar-refractivity contribution >= 4 is 17.8 Å². The van der Waals surface area contributed by atoms with Gasteiger partial charge in [-0.15, -0.1) is 0 Å². The minimum atomic E-state index is -1.53. The molecular weight excluding hydrogens is 212 g/mol. The van der Waals surface area contributed by atoms with E-state index in [0.717, 1.165) is 0 Å². The first kappa shape index (κ1) is 19.7. The van der Waals surface area contributed by atoms with Crippen LogP contribution in [0.3, 0.4) is 0 Å². The topological polar surface area (TPSA) is 109 Å². The van der Waals surface area contributed by atoms with Gasteiger partial charge in [0.15, 0.2) is 0 Å². The van der Waals surface area contributed by atoms with E-state index in [9.17, 15) is 24.6 Å². The molecule has 0 spiro atoms. The molecule has 6 nitrogen and oxygen atoms in total. The number of carbonyl (C=O) groups excluding carboxylic acids is 3. The first-order valence-corrected chi connectivity index (χ1v) is 2.89. The van der Waals surface area contributed by atoms with Crippen molar-refractivity contribution in [1.82, 2.24) is 5.32 Å². The third-order valence-electron chi connectivity index (χ3n) is 0.778. The third-order valence-corrected chi connectivity index (χ3v) is 0.778. The number of carbonyl (C=O) groups is 3. The van der Waals surface area contributed by atoms with Crippen LogP contribution in [0.5, 0.6) is 0 Å². The molecule has 0 aliphatic rings. The SMILES string of the molecule is O=C([O-])/C=C\C(=O)NCC(=O)[O-].[Na+].[Na+]. The summed E-state index contributed by atoms with van der Waals surface area (Å²) in [5, 5.41) is 21.4. The molecule has 0 fully saturated rings. The van der Waals surface area contributed by atoms with E-state index < -0.39 is 24.4 Å². The van der Waals surface area contributed by atoms with Crippen LogP contribution >= 0.6 is 0 Å². The van der Waals surface area contributed by atoms with Gasteiger partial charge >= 0.3 is 59.1 Å². The van der Waals surface area contributed by atoms with Crippen molar-refractivity contribution in [1.29, 1.82) is 0 Å². The van der Waals surface area contributed by atoms with Crippen LogP contribution in [0.25, 0.3) is 0 Å². The van der Waals surface area contributed by atoms with Gasteiger partial charge in [0.05, 0.1) is 18.5 Å². The van der Waals surface area contributed by atoms with Crippen molar-refractivity contribution < 1.29 is 83.7 Å². The fourth-order valence-corrected chi connectivity index (χ4v) is 0.362. The molecule has 0 aliphatic carbocycles. The summed E-state index contributed by atoms with van der Waals surface area (Å²) >= 11 is 0. The van der Waals surface area contributed by atoms with Crippen LogP contribution in [0, 0.1) is 0 Å². The molecule has 8 heteroatoms. The molecule has 66 valence electrons. The van der Waals surface area contributed by atoms with Gasteiger partial charge in [-0.3, -0.25) is 4.79 Å². The molecule has 1 amide bonds. The van der Waals surface area contributed by atoms with E-state index in [4.69, 9.17) is 0 Å². The Morgan fingerprint density at radius 3 is 1.93 bits per heavy atom. The van der Waals surface area contributed by atoms with Crippen LogP contribution < -0.4 is 74.6 Å². The number of amides is 1. The monoisotopic (exact) mass is 217 g/mol. The molecule has 0 aliphatic heterocycles. The molecule has 0 atom stereocenters. The maximum absolute atomic E-state index is 10.5. The van der Waals surface area contributed by atoms with Crippen molar-refractivity contribution in [2.24, 2.45) is 0 Å². The molecule has 0 aromatic heterocycles. The zero-order valence-corrected chi connectivity index (χ0v) is 11.9. The molecule has 0 saturated carbocycles. The number of carboxylic acid groups (broad SMARTS) is 2. The second kappa shape index (κ2) is 11.2. The molecule has 0 unspecified atom stereocenters. The number of hydrogen-bond acceptors (Lipinski definition) is 5. The van der Waals surface area contributed by atoms with Gasteiger partial charge < -0.3 is 25.1 Å². The Bertz CT molecular complexity index is 240. The van der Waals surface area contributed by atoms with E-state index in [1.165, 1.54) is 0 Å². The van der Waals surface area contributed by atoms with Crippen molar-refractivity contribution in [3.63, 3.8) is 0 Å². The zero-order chi connectivity index (χ0) is 9.56. The molecular formula is C6H5NNa2O5. The van der Waals surface area contributed by atoms with Gasteiger partial charge in [0.25, 0.3) is 0 Å². The number of hydrogen-bond donors (Lipinski definition) is 1. The van der Waals surface area contributed by atoms with Crippen molar-refractivity contribution in [3.05, 3.63) is 12.2 Å². The van der Waals surface area contributed by atoms with E-state index in [2.05, 4.69) is 0 Å². The summed E-state index contributed by atoms with van der Waals surface area (Å²) in [6.45, 7) is -0.657. The first-order chi connectivity index (χ1) is 5.52. The van der Waals surface area contributed by atoms with Crippen LogP contribution in [0.4, 0.5) is 0 Å². The van der Waals surface area contributed by atoms with E-state index in [0.29, 0.717) is 12.2 Å². The van der Waals surface area contributed by atoms with E-state index >= 15 is 0 Å². The van der Waals surface area contributed by atoms with Gasteiger partial charge in [-0.25, -0.2) is 0 Å². The summed E-state index contributed by atoms with van der Waals surface area (Å²) in [4.78, 5) is 30.0. The van der Waals surface area contributed by atoms with Crippen molar-refractivity contribution in [2.75, 3.05) is 6.54 Å². The van der Waals surface area contributed by atoms with Gasteiger partial charge in [0.1, 0.15) is 0 Å². The predicted molar refractivity (Wildman–Crippen MR) is 32.2 cm³/mol. The Morgan fingerprint density at radius 1 is 1.07 bits per heavy atom. The Hall–Kier alpha value is 0.150. The number of nitrogens with one attached hydrogen (secondary N) is 1. The molecule has 0 aromatic rings. The maximum atomic E-state index is 10.5. The summed E-state index contributed by atoms with van der Waals surface area (Å²) in [7, 11) is 0. The Morgan fingerprint density at radius 2 is 1.57 bits per heavy atom. The van der Waals surface area contributed by atoms with Gasteiger partial charge in [-0.05, 0) is 6.08 Å². The van der Waals surface area contributed by atoms with E-state index in [1.54, 1.807) is 0 Å². The van der Waals surface area contributed by atoms with Gasteiger partial charge in [-0.2, -0.15) is 0 Å². The quantitative estimate of drug-likeness (QED) is 0.371. The normalized spacial score (nSPS) is 8.29. The van der Waals surface area contributed by atoms with Crippen molar-refractivity contribution in [3.8, 4) is 0 Å². The third kappa shape index (κ3) is 14.7. The second-order valence-electron chi connectivity index (χ2n) is 1.74. The Kier molecular flexibility index (Phi) is 15.8. The molecule has 0 rings (SSSR count).